The van der Waals surface area contributed by atoms with Crippen LogP contribution in [0, 0.1) is 17.0 Å². The maximum atomic E-state index is 13.4. The van der Waals surface area contributed by atoms with E-state index in [1.807, 2.05) is 6.92 Å². The van der Waals surface area contributed by atoms with Crippen molar-refractivity contribution in [2.24, 2.45) is 0 Å². The summed E-state index contributed by atoms with van der Waals surface area (Å²) in [6.45, 7) is 1.86. The molecule has 0 saturated carbocycles. The van der Waals surface area contributed by atoms with Crippen LogP contribution in [-0.4, -0.2) is 35.1 Å². The van der Waals surface area contributed by atoms with Gasteiger partial charge in [0.05, 0.1) is 27.6 Å². The summed E-state index contributed by atoms with van der Waals surface area (Å²) in [6.07, 6.45) is 1.05. The Morgan fingerprint density at radius 3 is 2.38 bits per heavy atom. The van der Waals surface area contributed by atoms with Gasteiger partial charge in [0.2, 0.25) is 9.84 Å². The number of amides is 1. The normalized spacial score (nSPS) is 16.9. The number of sulfone groups is 1. The lowest BCUT2D eigenvalue weighted by atomic mass is 9.95. The van der Waals surface area contributed by atoms with Gasteiger partial charge >= 0.3 is 5.91 Å². The molecule has 2 heterocycles. The Hall–Kier alpha value is -4.39. The summed E-state index contributed by atoms with van der Waals surface area (Å²) in [6, 6.07) is 16.3. The van der Waals surface area contributed by atoms with Gasteiger partial charge in [0, 0.05) is 22.7 Å². The van der Waals surface area contributed by atoms with Crippen LogP contribution >= 0.6 is 22.9 Å². The van der Waals surface area contributed by atoms with Crippen LogP contribution in [0.5, 0.6) is 0 Å². The second-order valence-corrected chi connectivity index (χ2v) is 12.4. The van der Waals surface area contributed by atoms with E-state index in [1.54, 1.807) is 42.5 Å². The van der Waals surface area contributed by atoms with E-state index < -0.39 is 38.3 Å². The minimum Gasteiger partial charge on any atom is -0.507 e. The molecule has 1 fully saturated rings. The molecule has 1 N–H and O–H groups in total. The number of non-ortho nitro benzene ring substituents is 1. The molecule has 1 aliphatic rings. The number of thiazole rings is 1. The van der Waals surface area contributed by atoms with E-state index >= 15 is 0 Å². The van der Waals surface area contributed by atoms with E-state index in [0.29, 0.717) is 27.5 Å². The van der Waals surface area contributed by atoms with Gasteiger partial charge in [-0.3, -0.25) is 24.6 Å². The first-order valence-electron chi connectivity index (χ1n) is 11.6. The maximum absolute atomic E-state index is 13.4. The number of nitro groups is 1. The summed E-state index contributed by atoms with van der Waals surface area (Å²) in [5.74, 6) is -2.38. The summed E-state index contributed by atoms with van der Waals surface area (Å²) in [7, 11) is -4.16. The van der Waals surface area contributed by atoms with Crippen molar-refractivity contribution in [1.82, 2.24) is 4.98 Å². The number of halogens is 1. The summed E-state index contributed by atoms with van der Waals surface area (Å²) in [5.41, 5.74) is 1.16. The maximum Gasteiger partial charge on any atom is 0.301 e. The first-order chi connectivity index (χ1) is 19.0. The third-order valence-corrected chi connectivity index (χ3v) is 9.70. The van der Waals surface area contributed by atoms with Crippen LogP contribution in [0.1, 0.15) is 22.7 Å². The molecule has 3 aromatic carbocycles. The summed E-state index contributed by atoms with van der Waals surface area (Å²) >= 11 is 6.86. The van der Waals surface area contributed by atoms with E-state index in [1.165, 1.54) is 6.07 Å². The number of aromatic nitrogens is 1. The van der Waals surface area contributed by atoms with Crippen LogP contribution in [0.15, 0.2) is 93.7 Å². The number of carbonyl (C=O) groups is 2. The molecule has 13 heteroatoms. The topological polar surface area (TPSA) is 148 Å². The van der Waals surface area contributed by atoms with Gasteiger partial charge in [-0.1, -0.05) is 64.9 Å². The first-order valence-corrected chi connectivity index (χ1v) is 14.3. The van der Waals surface area contributed by atoms with Gasteiger partial charge in [-0.05, 0) is 36.8 Å². The number of nitro benzene ring substituents is 1. The van der Waals surface area contributed by atoms with E-state index in [9.17, 15) is 33.2 Å². The number of aliphatic hydroxyl groups is 1. The van der Waals surface area contributed by atoms with Gasteiger partial charge in [-0.25, -0.2) is 13.4 Å². The third kappa shape index (κ3) is 4.76. The van der Waals surface area contributed by atoms with Crippen LogP contribution in [0.3, 0.4) is 0 Å². The van der Waals surface area contributed by atoms with Crippen LogP contribution in [0.4, 0.5) is 10.8 Å². The molecule has 1 amide bonds. The molecule has 1 aromatic heterocycles. The van der Waals surface area contributed by atoms with Crippen molar-refractivity contribution in [3.05, 3.63) is 116 Å². The molecule has 4 aromatic rings. The molecule has 0 spiro atoms. The minimum absolute atomic E-state index is 0.101. The lowest BCUT2D eigenvalue weighted by Crippen LogP contribution is -2.29. The highest BCUT2D eigenvalue weighted by Gasteiger charge is 2.48. The number of anilines is 1. The smallest absolute Gasteiger partial charge is 0.301 e. The Labute approximate surface area is 236 Å². The number of hydrogen-bond donors (Lipinski definition) is 1. The predicted molar refractivity (Wildman–Crippen MR) is 148 cm³/mol. The van der Waals surface area contributed by atoms with Crippen molar-refractivity contribution >= 4 is 61.0 Å². The number of ketones is 1. The molecule has 40 heavy (non-hydrogen) atoms. The molecule has 10 nitrogen and oxygen atoms in total. The number of Topliss-reactive ketones (excluding diaryl/α,β-unsaturated/α-hetero) is 1. The lowest BCUT2D eigenvalue weighted by molar-refractivity contribution is -0.384. The van der Waals surface area contributed by atoms with Crippen molar-refractivity contribution in [1.29, 1.82) is 0 Å². The Balaban J connectivity index is 1.62. The average molecular weight is 596 g/mol. The molecule has 5 rings (SSSR count). The molecule has 0 unspecified atom stereocenters. The van der Waals surface area contributed by atoms with E-state index in [2.05, 4.69) is 4.98 Å². The Morgan fingerprint density at radius 1 is 1.07 bits per heavy atom. The largest absolute Gasteiger partial charge is 0.507 e. The number of rotatable bonds is 6. The van der Waals surface area contributed by atoms with Gasteiger partial charge in [-0.15, -0.1) is 0 Å². The number of hydrogen-bond acceptors (Lipinski definition) is 9. The summed E-state index contributed by atoms with van der Waals surface area (Å²) < 4.78 is 26.2. The first kappa shape index (κ1) is 27.2. The van der Waals surface area contributed by atoms with E-state index in [-0.39, 0.29) is 25.5 Å². The van der Waals surface area contributed by atoms with Crippen LogP contribution in [0.25, 0.3) is 5.76 Å². The van der Waals surface area contributed by atoms with Gasteiger partial charge in [0.25, 0.3) is 11.5 Å². The van der Waals surface area contributed by atoms with Crippen LogP contribution < -0.4 is 4.90 Å². The van der Waals surface area contributed by atoms with Crippen molar-refractivity contribution < 1.29 is 28.0 Å². The van der Waals surface area contributed by atoms with E-state index in [4.69, 9.17) is 11.6 Å². The molecular formula is C27H18ClN3O7S2. The van der Waals surface area contributed by atoms with Crippen molar-refractivity contribution in [2.75, 3.05) is 4.90 Å². The predicted octanol–water partition coefficient (Wildman–Crippen LogP) is 5.47. The van der Waals surface area contributed by atoms with Gasteiger partial charge in [-0.2, -0.15) is 0 Å². The minimum atomic E-state index is -4.16. The highest BCUT2D eigenvalue weighted by molar-refractivity contribution is 7.93. The Morgan fingerprint density at radius 2 is 1.75 bits per heavy atom. The SMILES string of the molecule is Cc1ccc(/C(O)=C2\C(=O)C(=O)N(c3ncc(S(=O)(=O)c4ccc([N+](=O)[O-])cc4)s3)[C@H]2c2cccc(Cl)c2)cc1. The number of carbonyl (C=O) groups excluding carboxylic acids is 2. The fourth-order valence-electron chi connectivity index (χ4n) is 4.24. The second-order valence-electron chi connectivity index (χ2n) is 8.81. The van der Waals surface area contributed by atoms with E-state index in [0.717, 1.165) is 40.9 Å². The highest BCUT2D eigenvalue weighted by Crippen LogP contribution is 2.44. The fraction of sp³-hybridized carbons (Fsp3) is 0.0741. The Bertz CT molecular complexity index is 1820. The van der Waals surface area contributed by atoms with Crippen molar-refractivity contribution in [3.63, 3.8) is 0 Å². The average Bonchev–Trinajstić information content (AvgIpc) is 3.52. The quantitative estimate of drug-likeness (QED) is 0.101. The molecule has 0 radical (unpaired) electrons. The zero-order chi connectivity index (χ0) is 28.8. The number of aliphatic hydroxyl groups excluding tert-OH is 1. The molecule has 202 valence electrons. The van der Waals surface area contributed by atoms with Crippen molar-refractivity contribution in [3.8, 4) is 0 Å². The molecular weight excluding hydrogens is 578 g/mol. The number of aryl methyl sites for hydroxylation is 1. The highest BCUT2D eigenvalue weighted by atomic mass is 35.5. The number of benzene rings is 3. The summed E-state index contributed by atoms with van der Waals surface area (Å²) in [5, 5.41) is 22.4. The standard InChI is InChI=1S/C27H18ClN3O7S2/c1-15-5-7-16(8-6-15)24(32)22-23(17-3-2-4-18(28)13-17)30(26(34)25(22)33)27-29-14-21(39-27)40(37,38)20-11-9-19(10-12-20)31(35)36/h2-14,23,32H,1H3/b24-22+/t23-/m0/s1. The molecule has 0 aliphatic carbocycles. The van der Waals surface area contributed by atoms with Crippen LogP contribution in [0.2, 0.25) is 5.02 Å². The second kappa shape index (κ2) is 10.3. The zero-order valence-corrected chi connectivity index (χ0v) is 22.9. The van der Waals surface area contributed by atoms with Crippen LogP contribution in [-0.2, 0) is 19.4 Å². The molecule has 1 saturated heterocycles. The van der Waals surface area contributed by atoms with Gasteiger partial charge < -0.3 is 5.11 Å². The molecule has 0 bridgehead atoms. The fourth-order valence-corrected chi connectivity index (χ4v) is 6.98. The molecule has 1 atom stereocenters. The Kier molecular flexibility index (Phi) is 7.00. The third-order valence-electron chi connectivity index (χ3n) is 6.23. The lowest BCUT2D eigenvalue weighted by Gasteiger charge is -2.23. The van der Waals surface area contributed by atoms with Crippen molar-refractivity contribution in [2.45, 2.75) is 22.1 Å². The number of nitrogens with zero attached hydrogens (tertiary/aromatic N) is 3. The summed E-state index contributed by atoms with van der Waals surface area (Å²) in [4.78, 5) is 41.9. The van der Waals surface area contributed by atoms with Gasteiger partial charge in [0.15, 0.2) is 5.13 Å². The van der Waals surface area contributed by atoms with Gasteiger partial charge in [0.1, 0.15) is 9.97 Å². The monoisotopic (exact) mass is 595 g/mol. The molecule has 1 aliphatic heterocycles. The zero-order valence-electron chi connectivity index (χ0n) is 20.5.